The number of fused-ring (bicyclic) bond motifs is 3. The predicted molar refractivity (Wildman–Crippen MR) is 148 cm³/mol. The minimum atomic E-state index is -0.144. The minimum absolute atomic E-state index is 0.144. The van der Waals surface area contributed by atoms with Crippen molar-refractivity contribution in [2.75, 3.05) is 5.32 Å². The summed E-state index contributed by atoms with van der Waals surface area (Å²) in [6, 6.07) is 27.9. The Kier molecular flexibility index (Phi) is 5.83. The van der Waals surface area contributed by atoms with Crippen molar-refractivity contribution in [3.05, 3.63) is 109 Å². The molecule has 0 fully saturated rings. The van der Waals surface area contributed by atoms with Crippen LogP contribution in [0.2, 0.25) is 0 Å². The van der Waals surface area contributed by atoms with E-state index in [9.17, 15) is 10.1 Å². The molecule has 38 heavy (non-hydrogen) atoms. The van der Waals surface area contributed by atoms with Crippen LogP contribution in [0.25, 0.3) is 44.2 Å². The van der Waals surface area contributed by atoms with Crippen LogP contribution in [0.4, 0.5) is 5.69 Å². The summed E-state index contributed by atoms with van der Waals surface area (Å²) in [5, 5.41) is 18.8. The third kappa shape index (κ3) is 4.36. The summed E-state index contributed by atoms with van der Waals surface area (Å²) in [5.74, 6) is -0.144. The number of nitrogens with one attached hydrogen (secondary N) is 1. The van der Waals surface area contributed by atoms with Gasteiger partial charge in [-0.15, -0.1) is 0 Å². The molecule has 0 aliphatic rings. The summed E-state index contributed by atoms with van der Waals surface area (Å²) in [6.07, 6.45) is 5.30. The number of nitrogens with zero attached hydrogens (tertiary/aromatic N) is 5. The molecule has 6 rings (SSSR count). The zero-order valence-electron chi connectivity index (χ0n) is 20.6. The standard InChI is InChI=1S/C31H22N6O/c1-20(38)35-26-13-25(16-33-17-26)24-11-12-29-27(14-24)28-18-34-37(19-22-5-3-2-4-6-22)31(28)30(36-29)23-9-7-21(15-32)8-10-23/h2-14,16-18H,19H2,1H3,(H,35,38). The van der Waals surface area contributed by atoms with E-state index in [1.165, 1.54) is 6.92 Å². The zero-order valence-corrected chi connectivity index (χ0v) is 20.6. The maximum atomic E-state index is 11.5. The summed E-state index contributed by atoms with van der Waals surface area (Å²) >= 11 is 0. The molecule has 0 aliphatic heterocycles. The number of hydrogen-bond acceptors (Lipinski definition) is 5. The molecule has 0 unspecified atom stereocenters. The fourth-order valence-corrected chi connectivity index (χ4v) is 4.68. The molecule has 0 radical (unpaired) electrons. The van der Waals surface area contributed by atoms with Gasteiger partial charge in [0.1, 0.15) is 0 Å². The molecular weight excluding hydrogens is 472 g/mol. The topological polar surface area (TPSA) is 96.5 Å². The lowest BCUT2D eigenvalue weighted by Crippen LogP contribution is -2.05. The van der Waals surface area contributed by atoms with E-state index in [0.29, 0.717) is 17.8 Å². The van der Waals surface area contributed by atoms with Gasteiger partial charge in [0, 0.05) is 35.0 Å². The largest absolute Gasteiger partial charge is 0.325 e. The summed E-state index contributed by atoms with van der Waals surface area (Å²) < 4.78 is 1.98. The first kappa shape index (κ1) is 23.1. The fraction of sp³-hybridized carbons (Fsp3) is 0.0645. The molecule has 0 saturated carbocycles. The maximum absolute atomic E-state index is 11.5. The first-order valence-corrected chi connectivity index (χ1v) is 12.2. The highest BCUT2D eigenvalue weighted by Gasteiger charge is 2.17. The Morgan fingerprint density at radius 2 is 1.68 bits per heavy atom. The van der Waals surface area contributed by atoms with Crippen LogP contribution in [0.1, 0.15) is 18.1 Å². The summed E-state index contributed by atoms with van der Waals surface area (Å²) in [6.45, 7) is 2.08. The second-order valence-corrected chi connectivity index (χ2v) is 9.08. The fourth-order valence-electron chi connectivity index (χ4n) is 4.68. The van der Waals surface area contributed by atoms with Gasteiger partial charge in [-0.3, -0.25) is 14.5 Å². The average molecular weight is 495 g/mol. The molecule has 182 valence electrons. The van der Waals surface area contributed by atoms with Crippen molar-refractivity contribution in [2.45, 2.75) is 13.5 Å². The third-order valence-corrected chi connectivity index (χ3v) is 6.44. The van der Waals surface area contributed by atoms with Gasteiger partial charge in [0.05, 0.1) is 53.0 Å². The molecule has 0 bridgehead atoms. The predicted octanol–water partition coefficient (Wildman–Crippen LogP) is 6.19. The van der Waals surface area contributed by atoms with E-state index in [-0.39, 0.29) is 5.91 Å². The smallest absolute Gasteiger partial charge is 0.221 e. The van der Waals surface area contributed by atoms with Crippen LogP contribution in [0.15, 0.2) is 97.5 Å². The SMILES string of the molecule is CC(=O)Nc1cncc(-c2ccc3nc(-c4ccc(C#N)cc4)c4c(cnn4Cc4ccccc4)c3c2)c1. The van der Waals surface area contributed by atoms with Gasteiger partial charge in [-0.25, -0.2) is 4.98 Å². The number of carbonyl (C=O) groups excluding carboxylic acids is 1. The molecule has 7 nitrogen and oxygen atoms in total. The molecular formula is C31H22N6O. The Bertz CT molecular complexity index is 1850. The van der Waals surface area contributed by atoms with Gasteiger partial charge < -0.3 is 5.32 Å². The van der Waals surface area contributed by atoms with Gasteiger partial charge in [-0.1, -0.05) is 48.5 Å². The monoisotopic (exact) mass is 494 g/mol. The lowest BCUT2D eigenvalue weighted by Gasteiger charge is -2.12. The molecule has 0 spiro atoms. The number of aromatic nitrogens is 4. The number of anilines is 1. The number of pyridine rings is 2. The number of carbonyl (C=O) groups is 1. The van der Waals surface area contributed by atoms with Crippen LogP contribution < -0.4 is 5.32 Å². The van der Waals surface area contributed by atoms with Crippen LogP contribution in [0, 0.1) is 11.3 Å². The van der Waals surface area contributed by atoms with E-state index in [0.717, 1.165) is 49.8 Å². The lowest BCUT2D eigenvalue weighted by atomic mass is 10.0. The maximum Gasteiger partial charge on any atom is 0.221 e. The molecule has 3 aromatic carbocycles. The van der Waals surface area contributed by atoms with E-state index < -0.39 is 0 Å². The van der Waals surface area contributed by atoms with Crippen LogP contribution in [0.3, 0.4) is 0 Å². The second-order valence-electron chi connectivity index (χ2n) is 9.08. The second kappa shape index (κ2) is 9.60. The van der Waals surface area contributed by atoms with Crippen molar-refractivity contribution < 1.29 is 4.79 Å². The molecule has 0 saturated heterocycles. The summed E-state index contributed by atoms with van der Waals surface area (Å²) in [7, 11) is 0. The van der Waals surface area contributed by atoms with Gasteiger partial charge in [0.15, 0.2) is 0 Å². The van der Waals surface area contributed by atoms with Crippen LogP contribution >= 0.6 is 0 Å². The number of nitriles is 1. The van der Waals surface area contributed by atoms with E-state index in [2.05, 4.69) is 34.6 Å². The normalized spacial score (nSPS) is 10.9. The van der Waals surface area contributed by atoms with Gasteiger partial charge in [0.25, 0.3) is 0 Å². The van der Waals surface area contributed by atoms with Crippen molar-refractivity contribution in [1.82, 2.24) is 19.7 Å². The van der Waals surface area contributed by atoms with Gasteiger partial charge in [-0.05, 0) is 41.5 Å². The number of hydrogen-bond donors (Lipinski definition) is 1. The molecule has 1 N–H and O–H groups in total. The molecule has 3 aromatic heterocycles. The molecule has 0 aliphatic carbocycles. The van der Waals surface area contributed by atoms with Crippen molar-refractivity contribution in [3.63, 3.8) is 0 Å². The van der Waals surface area contributed by atoms with Crippen LogP contribution in [0.5, 0.6) is 0 Å². The molecule has 0 atom stereocenters. The minimum Gasteiger partial charge on any atom is -0.325 e. The van der Waals surface area contributed by atoms with E-state index >= 15 is 0 Å². The van der Waals surface area contributed by atoms with Crippen LogP contribution in [-0.2, 0) is 11.3 Å². The molecule has 3 heterocycles. The van der Waals surface area contributed by atoms with Crippen molar-refractivity contribution in [3.8, 4) is 28.5 Å². The third-order valence-electron chi connectivity index (χ3n) is 6.44. The van der Waals surface area contributed by atoms with Crippen molar-refractivity contribution in [1.29, 1.82) is 5.26 Å². The highest BCUT2D eigenvalue weighted by Crippen LogP contribution is 2.35. The Labute approximate surface area is 219 Å². The van der Waals surface area contributed by atoms with Gasteiger partial charge in [0.2, 0.25) is 5.91 Å². The zero-order chi connectivity index (χ0) is 26.1. The molecule has 7 heteroatoms. The van der Waals surface area contributed by atoms with Crippen molar-refractivity contribution in [2.24, 2.45) is 0 Å². The highest BCUT2D eigenvalue weighted by atomic mass is 16.1. The number of benzene rings is 3. The first-order chi connectivity index (χ1) is 18.6. The van der Waals surface area contributed by atoms with E-state index in [1.807, 2.05) is 71.5 Å². The van der Waals surface area contributed by atoms with Crippen molar-refractivity contribution >= 4 is 33.4 Å². The van der Waals surface area contributed by atoms with Crippen LogP contribution in [-0.4, -0.2) is 25.7 Å². The highest BCUT2D eigenvalue weighted by molar-refractivity contribution is 6.10. The van der Waals surface area contributed by atoms with E-state index in [4.69, 9.17) is 10.1 Å². The molecule has 6 aromatic rings. The first-order valence-electron chi connectivity index (χ1n) is 12.2. The average Bonchev–Trinajstić information content (AvgIpc) is 3.36. The Morgan fingerprint density at radius 3 is 2.45 bits per heavy atom. The lowest BCUT2D eigenvalue weighted by molar-refractivity contribution is -0.114. The number of amides is 1. The van der Waals surface area contributed by atoms with E-state index in [1.54, 1.807) is 12.4 Å². The number of rotatable bonds is 5. The van der Waals surface area contributed by atoms with Gasteiger partial charge >= 0.3 is 0 Å². The Morgan fingerprint density at radius 1 is 0.895 bits per heavy atom. The summed E-state index contributed by atoms with van der Waals surface area (Å²) in [4.78, 5) is 20.9. The quantitative estimate of drug-likeness (QED) is 0.308. The summed E-state index contributed by atoms with van der Waals surface area (Å²) in [5.41, 5.74) is 7.72. The van der Waals surface area contributed by atoms with Gasteiger partial charge in [-0.2, -0.15) is 10.4 Å². The Hall–Kier alpha value is -5.35. The Balaban J connectivity index is 1.55. The molecule has 1 amide bonds.